The van der Waals surface area contributed by atoms with Gasteiger partial charge in [0, 0.05) is 17.6 Å². The number of hydrogen-bond acceptors (Lipinski definition) is 5. The molecule has 0 bridgehead atoms. The molecule has 9 heteroatoms. The van der Waals surface area contributed by atoms with E-state index in [-0.39, 0.29) is 13.0 Å². The lowest BCUT2D eigenvalue weighted by Crippen LogP contribution is -2.21. The summed E-state index contributed by atoms with van der Waals surface area (Å²) in [5.41, 5.74) is 0. The zero-order chi connectivity index (χ0) is 18.9. The molecule has 0 saturated heterocycles. The highest BCUT2D eigenvalue weighted by atomic mass is 35.5. The summed E-state index contributed by atoms with van der Waals surface area (Å²) in [4.78, 5) is 27.2. The SMILES string of the molecule is O=C(COC(=O)CCCOc1ccc(Cl)cc1Cl)Nc1ccc(Cl)cn1. The minimum absolute atomic E-state index is 0.109. The second-order valence-corrected chi connectivity index (χ2v) is 6.38. The van der Waals surface area contributed by atoms with Gasteiger partial charge in [-0.1, -0.05) is 34.8 Å². The minimum Gasteiger partial charge on any atom is -0.492 e. The number of hydrogen-bond donors (Lipinski definition) is 1. The number of rotatable bonds is 8. The summed E-state index contributed by atoms with van der Waals surface area (Å²) in [5.74, 6) is -0.185. The summed E-state index contributed by atoms with van der Waals surface area (Å²) in [6.45, 7) is -0.121. The van der Waals surface area contributed by atoms with E-state index in [9.17, 15) is 9.59 Å². The first-order valence-corrected chi connectivity index (χ1v) is 8.72. The van der Waals surface area contributed by atoms with E-state index in [2.05, 4.69) is 10.3 Å². The smallest absolute Gasteiger partial charge is 0.306 e. The highest BCUT2D eigenvalue weighted by molar-refractivity contribution is 6.35. The van der Waals surface area contributed by atoms with Crippen LogP contribution in [0.5, 0.6) is 5.75 Å². The summed E-state index contributed by atoms with van der Waals surface area (Å²) >= 11 is 17.5. The Hall–Kier alpha value is -2.02. The molecule has 0 fully saturated rings. The normalized spacial score (nSPS) is 10.3. The predicted molar refractivity (Wildman–Crippen MR) is 100 cm³/mol. The number of aromatic nitrogens is 1. The van der Waals surface area contributed by atoms with Gasteiger partial charge in [-0.05, 0) is 36.8 Å². The maximum Gasteiger partial charge on any atom is 0.306 e. The third-order valence-electron chi connectivity index (χ3n) is 3.04. The number of anilines is 1. The lowest BCUT2D eigenvalue weighted by molar-refractivity contribution is -0.147. The molecule has 1 aromatic heterocycles. The molecule has 1 aromatic carbocycles. The fraction of sp³-hybridized carbons (Fsp3) is 0.235. The molecule has 1 amide bonds. The fourth-order valence-corrected chi connectivity index (χ4v) is 2.41. The van der Waals surface area contributed by atoms with Crippen molar-refractivity contribution in [1.82, 2.24) is 4.98 Å². The van der Waals surface area contributed by atoms with Gasteiger partial charge < -0.3 is 14.8 Å². The maximum absolute atomic E-state index is 11.7. The van der Waals surface area contributed by atoms with Crippen LogP contribution in [0.25, 0.3) is 0 Å². The molecule has 1 heterocycles. The molecule has 2 rings (SSSR count). The number of nitrogens with zero attached hydrogens (tertiary/aromatic N) is 1. The highest BCUT2D eigenvalue weighted by Gasteiger charge is 2.09. The molecule has 26 heavy (non-hydrogen) atoms. The summed E-state index contributed by atoms with van der Waals surface area (Å²) in [6, 6.07) is 8.01. The number of pyridine rings is 1. The van der Waals surface area contributed by atoms with E-state index in [1.807, 2.05) is 0 Å². The molecule has 2 aromatic rings. The van der Waals surface area contributed by atoms with Gasteiger partial charge in [0.25, 0.3) is 5.91 Å². The van der Waals surface area contributed by atoms with Gasteiger partial charge in [0.15, 0.2) is 6.61 Å². The quantitative estimate of drug-likeness (QED) is 0.509. The monoisotopic (exact) mass is 416 g/mol. The van der Waals surface area contributed by atoms with Gasteiger partial charge >= 0.3 is 5.97 Å². The summed E-state index contributed by atoms with van der Waals surface area (Å²) in [5, 5.41) is 3.85. The zero-order valence-electron chi connectivity index (χ0n) is 13.5. The Morgan fingerprint density at radius 1 is 1.08 bits per heavy atom. The van der Waals surface area contributed by atoms with Crippen LogP contribution in [0.1, 0.15) is 12.8 Å². The van der Waals surface area contributed by atoms with Crippen LogP contribution in [0.3, 0.4) is 0 Å². The van der Waals surface area contributed by atoms with E-state index in [0.717, 1.165) is 0 Å². The Bertz CT molecular complexity index is 769. The van der Waals surface area contributed by atoms with Gasteiger partial charge in [-0.3, -0.25) is 9.59 Å². The minimum atomic E-state index is -0.505. The number of nitrogens with one attached hydrogen (secondary N) is 1. The van der Waals surface area contributed by atoms with Gasteiger partial charge in [0.05, 0.1) is 16.7 Å². The number of benzene rings is 1. The van der Waals surface area contributed by atoms with Crippen LogP contribution in [0, 0.1) is 0 Å². The number of amides is 1. The zero-order valence-corrected chi connectivity index (χ0v) is 15.8. The Morgan fingerprint density at radius 3 is 2.54 bits per heavy atom. The summed E-state index contributed by atoms with van der Waals surface area (Å²) < 4.78 is 10.3. The first-order chi connectivity index (χ1) is 12.4. The number of ether oxygens (including phenoxy) is 2. The van der Waals surface area contributed by atoms with Crippen molar-refractivity contribution in [3.63, 3.8) is 0 Å². The molecule has 6 nitrogen and oxygen atoms in total. The van der Waals surface area contributed by atoms with Crippen molar-refractivity contribution in [3.05, 3.63) is 51.6 Å². The van der Waals surface area contributed by atoms with E-state index < -0.39 is 18.5 Å². The Kier molecular flexibility index (Phi) is 7.97. The number of carbonyl (C=O) groups is 2. The Morgan fingerprint density at radius 2 is 1.85 bits per heavy atom. The van der Waals surface area contributed by atoms with Gasteiger partial charge in [-0.2, -0.15) is 0 Å². The molecule has 0 saturated carbocycles. The number of carbonyl (C=O) groups excluding carboxylic acids is 2. The fourth-order valence-electron chi connectivity index (χ4n) is 1.84. The average molecular weight is 418 g/mol. The Labute approximate surface area is 165 Å². The second-order valence-electron chi connectivity index (χ2n) is 5.10. The molecule has 0 unspecified atom stereocenters. The topological polar surface area (TPSA) is 77.5 Å². The molecule has 0 aliphatic heterocycles. The van der Waals surface area contributed by atoms with Crippen molar-refractivity contribution in [3.8, 4) is 5.75 Å². The van der Waals surface area contributed by atoms with Crippen molar-refractivity contribution in [2.75, 3.05) is 18.5 Å². The van der Waals surface area contributed by atoms with Gasteiger partial charge in [0.1, 0.15) is 11.6 Å². The van der Waals surface area contributed by atoms with Crippen LogP contribution in [0.15, 0.2) is 36.5 Å². The van der Waals surface area contributed by atoms with Crippen molar-refractivity contribution >= 4 is 52.5 Å². The van der Waals surface area contributed by atoms with Crippen LogP contribution in [0.4, 0.5) is 5.82 Å². The maximum atomic E-state index is 11.7. The van der Waals surface area contributed by atoms with Crippen LogP contribution < -0.4 is 10.1 Å². The lowest BCUT2D eigenvalue weighted by atomic mass is 10.3. The third-order valence-corrected chi connectivity index (χ3v) is 3.79. The molecule has 0 aliphatic rings. The van der Waals surface area contributed by atoms with Crippen molar-refractivity contribution in [2.24, 2.45) is 0 Å². The van der Waals surface area contributed by atoms with Crippen LogP contribution in [-0.2, 0) is 14.3 Å². The molecule has 138 valence electrons. The second kappa shape index (κ2) is 10.2. The van der Waals surface area contributed by atoms with E-state index >= 15 is 0 Å². The van der Waals surface area contributed by atoms with E-state index in [4.69, 9.17) is 44.3 Å². The van der Waals surface area contributed by atoms with Crippen LogP contribution >= 0.6 is 34.8 Å². The molecule has 1 N–H and O–H groups in total. The first-order valence-electron chi connectivity index (χ1n) is 7.59. The predicted octanol–water partition coefficient (Wildman–Crippen LogP) is 4.38. The molecular formula is C17H15Cl3N2O4. The van der Waals surface area contributed by atoms with Crippen molar-refractivity contribution < 1.29 is 19.1 Å². The molecule has 0 radical (unpaired) electrons. The number of halogens is 3. The highest BCUT2D eigenvalue weighted by Crippen LogP contribution is 2.27. The van der Waals surface area contributed by atoms with Crippen LogP contribution in [0.2, 0.25) is 15.1 Å². The van der Waals surface area contributed by atoms with E-state index in [1.165, 1.54) is 6.20 Å². The molecule has 0 aliphatic carbocycles. The summed E-state index contributed by atoms with van der Waals surface area (Å²) in [7, 11) is 0. The average Bonchev–Trinajstić information content (AvgIpc) is 2.60. The van der Waals surface area contributed by atoms with Gasteiger partial charge in [0.2, 0.25) is 0 Å². The van der Waals surface area contributed by atoms with Crippen molar-refractivity contribution in [1.29, 1.82) is 0 Å². The molecule has 0 spiro atoms. The van der Waals surface area contributed by atoms with Crippen LogP contribution in [-0.4, -0.2) is 30.1 Å². The third kappa shape index (κ3) is 7.07. The van der Waals surface area contributed by atoms with E-state index in [0.29, 0.717) is 33.1 Å². The van der Waals surface area contributed by atoms with Gasteiger partial charge in [-0.15, -0.1) is 0 Å². The number of esters is 1. The van der Waals surface area contributed by atoms with Crippen molar-refractivity contribution in [2.45, 2.75) is 12.8 Å². The Balaban J connectivity index is 1.62. The largest absolute Gasteiger partial charge is 0.492 e. The summed E-state index contributed by atoms with van der Waals surface area (Å²) in [6.07, 6.45) is 1.92. The first kappa shape index (κ1) is 20.3. The lowest BCUT2D eigenvalue weighted by Gasteiger charge is -2.08. The standard InChI is InChI=1S/C17H15Cl3N2O4/c18-11-3-5-14(13(20)8-11)25-7-1-2-17(24)26-10-16(23)22-15-6-4-12(19)9-21-15/h3-6,8-9H,1-2,7,10H2,(H,21,22,23). The molecule has 0 atom stereocenters. The van der Waals surface area contributed by atoms with E-state index in [1.54, 1.807) is 30.3 Å². The van der Waals surface area contributed by atoms with Gasteiger partial charge in [-0.25, -0.2) is 4.98 Å². The molecular weight excluding hydrogens is 403 g/mol.